The standard InChI is InChI=1S/C26H29N3O3/c1-20(30)27-23-12-10-21(11-13-23)18-28-14-5-15-29(17-16-28)26(31)19-32-25-9-4-7-22-6-2-3-8-24(22)25/h2-4,6-13H,5,14-19H2,1H3,(H,27,30). The number of benzene rings is 3. The first-order chi connectivity index (χ1) is 15.6. The van der Waals surface area contributed by atoms with Crippen LogP contribution in [-0.2, 0) is 16.1 Å². The van der Waals surface area contributed by atoms with Crippen LogP contribution in [0.15, 0.2) is 66.7 Å². The lowest BCUT2D eigenvalue weighted by molar-refractivity contribution is -0.133. The number of nitrogens with one attached hydrogen (secondary N) is 1. The minimum absolute atomic E-state index is 0.0273. The Kier molecular flexibility index (Phi) is 7.02. The molecule has 3 aromatic carbocycles. The molecule has 32 heavy (non-hydrogen) atoms. The van der Waals surface area contributed by atoms with Crippen LogP contribution in [0, 0.1) is 0 Å². The Balaban J connectivity index is 1.29. The van der Waals surface area contributed by atoms with E-state index in [-0.39, 0.29) is 18.4 Å². The van der Waals surface area contributed by atoms with Crippen molar-refractivity contribution < 1.29 is 14.3 Å². The Bertz CT molecular complexity index is 1080. The fourth-order valence-corrected chi connectivity index (χ4v) is 4.09. The van der Waals surface area contributed by atoms with Crippen molar-refractivity contribution in [1.29, 1.82) is 0 Å². The molecule has 1 aliphatic rings. The highest BCUT2D eigenvalue weighted by Gasteiger charge is 2.20. The summed E-state index contributed by atoms with van der Waals surface area (Å²) in [6.07, 6.45) is 0.935. The van der Waals surface area contributed by atoms with Crippen molar-refractivity contribution in [3.63, 3.8) is 0 Å². The van der Waals surface area contributed by atoms with Crippen LogP contribution in [0.3, 0.4) is 0 Å². The Morgan fingerprint density at radius 2 is 1.69 bits per heavy atom. The molecule has 0 radical (unpaired) electrons. The van der Waals surface area contributed by atoms with Gasteiger partial charge in [-0.1, -0.05) is 48.5 Å². The van der Waals surface area contributed by atoms with Gasteiger partial charge in [0.1, 0.15) is 5.75 Å². The molecule has 4 rings (SSSR count). The summed E-state index contributed by atoms with van der Waals surface area (Å²) < 4.78 is 5.90. The average molecular weight is 432 g/mol. The molecule has 1 saturated heterocycles. The number of carbonyl (C=O) groups is 2. The third-order valence-electron chi connectivity index (χ3n) is 5.72. The zero-order valence-electron chi connectivity index (χ0n) is 18.4. The minimum atomic E-state index is -0.0699. The monoisotopic (exact) mass is 431 g/mol. The molecule has 0 spiro atoms. The maximum absolute atomic E-state index is 12.8. The SMILES string of the molecule is CC(=O)Nc1ccc(CN2CCCN(C(=O)COc3cccc4ccccc34)CC2)cc1. The first-order valence-electron chi connectivity index (χ1n) is 11.1. The van der Waals surface area contributed by atoms with Gasteiger partial charge >= 0.3 is 0 Å². The highest BCUT2D eigenvalue weighted by atomic mass is 16.5. The van der Waals surface area contributed by atoms with Gasteiger partial charge in [-0.2, -0.15) is 0 Å². The molecule has 166 valence electrons. The third kappa shape index (κ3) is 5.65. The van der Waals surface area contributed by atoms with Gasteiger partial charge in [0, 0.05) is 50.7 Å². The number of anilines is 1. The summed E-state index contributed by atoms with van der Waals surface area (Å²) >= 11 is 0. The quantitative estimate of drug-likeness (QED) is 0.643. The van der Waals surface area contributed by atoms with Gasteiger partial charge in [0.05, 0.1) is 0 Å². The van der Waals surface area contributed by atoms with Crippen molar-refractivity contribution in [1.82, 2.24) is 9.80 Å². The summed E-state index contributed by atoms with van der Waals surface area (Å²) in [6, 6.07) is 21.9. The first-order valence-corrected chi connectivity index (χ1v) is 11.1. The van der Waals surface area contributed by atoms with Crippen LogP contribution in [0.25, 0.3) is 10.8 Å². The minimum Gasteiger partial charge on any atom is -0.483 e. The van der Waals surface area contributed by atoms with Gasteiger partial charge in [-0.25, -0.2) is 0 Å². The second kappa shape index (κ2) is 10.3. The van der Waals surface area contributed by atoms with Crippen molar-refractivity contribution in [3.8, 4) is 5.75 Å². The van der Waals surface area contributed by atoms with E-state index >= 15 is 0 Å². The zero-order chi connectivity index (χ0) is 22.3. The van der Waals surface area contributed by atoms with Crippen LogP contribution in [0.5, 0.6) is 5.75 Å². The topological polar surface area (TPSA) is 61.9 Å². The van der Waals surface area contributed by atoms with Crippen molar-refractivity contribution in [3.05, 3.63) is 72.3 Å². The fraction of sp³-hybridized carbons (Fsp3) is 0.308. The third-order valence-corrected chi connectivity index (χ3v) is 5.72. The highest BCUT2D eigenvalue weighted by molar-refractivity contribution is 5.89. The molecule has 0 aliphatic carbocycles. The van der Waals surface area contributed by atoms with E-state index in [9.17, 15) is 9.59 Å². The smallest absolute Gasteiger partial charge is 0.260 e. The van der Waals surface area contributed by atoms with Crippen molar-refractivity contribution in [2.24, 2.45) is 0 Å². The second-order valence-corrected chi connectivity index (χ2v) is 8.15. The Morgan fingerprint density at radius 1 is 0.906 bits per heavy atom. The molecule has 6 nitrogen and oxygen atoms in total. The summed E-state index contributed by atoms with van der Waals surface area (Å²) in [4.78, 5) is 28.2. The number of nitrogens with zero attached hydrogens (tertiary/aromatic N) is 2. The molecule has 0 aromatic heterocycles. The lowest BCUT2D eigenvalue weighted by Crippen LogP contribution is -2.38. The summed E-state index contributed by atoms with van der Waals surface area (Å²) in [6.45, 7) is 5.60. The van der Waals surface area contributed by atoms with Gasteiger partial charge in [-0.05, 0) is 35.6 Å². The Hall–Kier alpha value is -3.38. The largest absolute Gasteiger partial charge is 0.483 e. The normalized spacial score (nSPS) is 14.7. The van der Waals surface area contributed by atoms with E-state index in [2.05, 4.69) is 10.2 Å². The van der Waals surface area contributed by atoms with Crippen LogP contribution in [0.4, 0.5) is 5.69 Å². The summed E-state index contributed by atoms with van der Waals surface area (Å²) in [5.41, 5.74) is 2.00. The van der Waals surface area contributed by atoms with E-state index in [1.54, 1.807) is 0 Å². The molecular formula is C26H29N3O3. The molecule has 1 aliphatic heterocycles. The van der Waals surface area contributed by atoms with Gasteiger partial charge in [-0.3, -0.25) is 14.5 Å². The first kappa shape index (κ1) is 21.8. The van der Waals surface area contributed by atoms with Crippen LogP contribution in [0.2, 0.25) is 0 Å². The summed E-state index contributed by atoms with van der Waals surface area (Å²) in [5.74, 6) is 0.703. The fourth-order valence-electron chi connectivity index (χ4n) is 4.09. The maximum Gasteiger partial charge on any atom is 0.260 e. The lowest BCUT2D eigenvalue weighted by atomic mass is 10.1. The molecular weight excluding hydrogens is 402 g/mol. The van der Waals surface area contributed by atoms with Crippen LogP contribution < -0.4 is 10.1 Å². The van der Waals surface area contributed by atoms with Gasteiger partial charge in [-0.15, -0.1) is 0 Å². The van der Waals surface area contributed by atoms with E-state index in [1.807, 2.05) is 71.6 Å². The molecule has 2 amide bonds. The number of ether oxygens (including phenoxy) is 1. The van der Waals surface area contributed by atoms with Crippen LogP contribution >= 0.6 is 0 Å². The summed E-state index contributed by atoms with van der Waals surface area (Å²) in [5, 5.41) is 4.92. The Morgan fingerprint density at radius 3 is 2.50 bits per heavy atom. The average Bonchev–Trinajstić information content (AvgIpc) is 3.04. The predicted molar refractivity (Wildman–Crippen MR) is 127 cm³/mol. The molecule has 1 N–H and O–H groups in total. The van der Waals surface area contributed by atoms with Crippen LogP contribution in [0.1, 0.15) is 18.9 Å². The van der Waals surface area contributed by atoms with Gasteiger partial charge in [0.25, 0.3) is 5.91 Å². The van der Waals surface area contributed by atoms with E-state index in [1.165, 1.54) is 12.5 Å². The van der Waals surface area contributed by atoms with E-state index < -0.39 is 0 Å². The number of amides is 2. The van der Waals surface area contributed by atoms with E-state index in [4.69, 9.17) is 4.74 Å². The molecule has 0 bridgehead atoms. The predicted octanol–water partition coefficient (Wildman–Crippen LogP) is 3.91. The Labute approximate surface area is 188 Å². The van der Waals surface area contributed by atoms with Crippen molar-refractivity contribution >= 4 is 28.3 Å². The number of hydrogen-bond acceptors (Lipinski definition) is 4. The van der Waals surface area contributed by atoms with Gasteiger partial charge in [0.15, 0.2) is 6.61 Å². The van der Waals surface area contributed by atoms with Crippen molar-refractivity contribution in [2.75, 3.05) is 38.1 Å². The molecule has 0 atom stereocenters. The van der Waals surface area contributed by atoms with E-state index in [0.717, 1.165) is 54.8 Å². The van der Waals surface area contributed by atoms with Gasteiger partial charge in [0.2, 0.25) is 5.91 Å². The number of hydrogen-bond donors (Lipinski definition) is 1. The van der Waals surface area contributed by atoms with Crippen molar-refractivity contribution in [2.45, 2.75) is 19.9 Å². The molecule has 3 aromatic rings. The zero-order valence-corrected chi connectivity index (χ0v) is 18.4. The molecule has 1 heterocycles. The highest BCUT2D eigenvalue weighted by Crippen LogP contribution is 2.25. The van der Waals surface area contributed by atoms with Gasteiger partial charge < -0.3 is 15.0 Å². The number of carbonyl (C=O) groups excluding carboxylic acids is 2. The number of rotatable bonds is 6. The number of fused-ring (bicyclic) bond motifs is 1. The molecule has 0 saturated carbocycles. The van der Waals surface area contributed by atoms with Crippen LogP contribution in [-0.4, -0.2) is 54.4 Å². The maximum atomic E-state index is 12.8. The van der Waals surface area contributed by atoms with E-state index in [0.29, 0.717) is 6.54 Å². The molecule has 1 fully saturated rings. The molecule has 6 heteroatoms. The second-order valence-electron chi connectivity index (χ2n) is 8.15. The lowest BCUT2D eigenvalue weighted by Gasteiger charge is -2.22. The summed E-state index contributed by atoms with van der Waals surface area (Å²) in [7, 11) is 0. The molecule has 0 unspecified atom stereocenters.